The zero-order chi connectivity index (χ0) is 16.8. The summed E-state index contributed by atoms with van der Waals surface area (Å²) in [5, 5.41) is 5.39. The van der Waals surface area contributed by atoms with E-state index in [4.69, 9.17) is 4.74 Å². The maximum atomic E-state index is 11.0. The summed E-state index contributed by atoms with van der Waals surface area (Å²) in [6.45, 7) is 2.29. The van der Waals surface area contributed by atoms with Crippen molar-refractivity contribution in [3.05, 3.63) is 42.0 Å². The van der Waals surface area contributed by atoms with Crippen LogP contribution in [0.25, 0.3) is 10.8 Å². The van der Waals surface area contributed by atoms with Gasteiger partial charge in [0.15, 0.2) is 0 Å². The van der Waals surface area contributed by atoms with Crippen LogP contribution in [0.1, 0.15) is 51.0 Å². The lowest BCUT2D eigenvalue weighted by atomic mass is 9.97. The van der Waals surface area contributed by atoms with Crippen molar-refractivity contribution in [1.82, 2.24) is 5.32 Å². The average molecular weight is 325 g/mol. The maximum absolute atomic E-state index is 11.0. The molecule has 0 heterocycles. The van der Waals surface area contributed by atoms with Gasteiger partial charge in [-0.05, 0) is 67.0 Å². The number of nitrogens with one attached hydrogen (secondary N) is 1. The van der Waals surface area contributed by atoms with Gasteiger partial charge in [0.1, 0.15) is 5.75 Å². The number of fused-ring (bicyclic) bond motifs is 1. The van der Waals surface area contributed by atoms with Crippen LogP contribution in [0.15, 0.2) is 36.4 Å². The number of carbonyl (C=O) groups is 1. The first-order valence-electron chi connectivity index (χ1n) is 9.15. The molecule has 0 aliphatic heterocycles. The molecule has 24 heavy (non-hydrogen) atoms. The largest absolute Gasteiger partial charge is 0.490 e. The Balaban J connectivity index is 1.71. The topological polar surface area (TPSA) is 38.3 Å². The molecule has 0 aromatic heterocycles. The van der Waals surface area contributed by atoms with E-state index in [-0.39, 0.29) is 5.91 Å². The molecule has 0 radical (unpaired) electrons. The number of hydrogen-bond donors (Lipinski definition) is 1. The van der Waals surface area contributed by atoms with Crippen molar-refractivity contribution in [1.29, 1.82) is 0 Å². The van der Waals surface area contributed by atoms with E-state index in [2.05, 4.69) is 41.7 Å². The Bertz CT molecular complexity index is 689. The van der Waals surface area contributed by atoms with Crippen LogP contribution in [0.4, 0.5) is 0 Å². The highest BCUT2D eigenvalue weighted by molar-refractivity contribution is 5.87. The molecule has 1 N–H and O–H groups in total. The van der Waals surface area contributed by atoms with Gasteiger partial charge in [-0.15, -0.1) is 0 Å². The van der Waals surface area contributed by atoms with Crippen molar-refractivity contribution in [2.24, 2.45) is 0 Å². The van der Waals surface area contributed by atoms with Crippen LogP contribution >= 0.6 is 0 Å². The van der Waals surface area contributed by atoms with E-state index in [0.29, 0.717) is 6.10 Å². The molecule has 1 amide bonds. The van der Waals surface area contributed by atoms with Crippen molar-refractivity contribution in [2.75, 3.05) is 6.54 Å². The third-order valence-corrected chi connectivity index (χ3v) is 4.80. The second kappa shape index (κ2) is 8.18. The van der Waals surface area contributed by atoms with Gasteiger partial charge in [0.25, 0.3) is 0 Å². The second-order valence-corrected chi connectivity index (χ2v) is 6.76. The Kier molecular flexibility index (Phi) is 5.73. The molecule has 0 bridgehead atoms. The Labute approximate surface area is 144 Å². The fraction of sp³-hybridized carbons (Fsp3) is 0.476. The van der Waals surface area contributed by atoms with Crippen LogP contribution in [0, 0.1) is 0 Å². The van der Waals surface area contributed by atoms with Gasteiger partial charge < -0.3 is 10.1 Å². The van der Waals surface area contributed by atoms with Crippen LogP contribution in [-0.2, 0) is 11.2 Å². The smallest absolute Gasteiger partial charge is 0.216 e. The molecule has 0 spiro atoms. The number of carbonyl (C=O) groups excluding carboxylic acids is 1. The lowest BCUT2D eigenvalue weighted by Gasteiger charge is -2.23. The van der Waals surface area contributed by atoms with Gasteiger partial charge in [-0.2, -0.15) is 0 Å². The Hall–Kier alpha value is -2.03. The van der Waals surface area contributed by atoms with Crippen LogP contribution in [0.3, 0.4) is 0 Å². The maximum Gasteiger partial charge on any atom is 0.216 e. The van der Waals surface area contributed by atoms with Gasteiger partial charge >= 0.3 is 0 Å². The number of amides is 1. The Morgan fingerprint density at radius 1 is 1.17 bits per heavy atom. The molecule has 3 rings (SSSR count). The van der Waals surface area contributed by atoms with E-state index in [1.165, 1.54) is 48.4 Å². The summed E-state index contributed by atoms with van der Waals surface area (Å²) in [5.74, 6) is 1.03. The summed E-state index contributed by atoms with van der Waals surface area (Å²) < 4.78 is 6.22. The van der Waals surface area contributed by atoms with Gasteiger partial charge in [-0.3, -0.25) is 4.79 Å². The summed E-state index contributed by atoms with van der Waals surface area (Å²) in [5.41, 5.74) is 1.33. The molecule has 2 aromatic rings. The molecular formula is C21H27NO2. The standard InChI is InChI=1S/C21H27NO2/c1-16(23)22-14-6-9-17-7-5-8-18-12-13-20(15-21(17)18)24-19-10-3-2-4-11-19/h5,7-8,12-13,15,19H,2-4,6,9-11,14H2,1H3,(H,22,23). The number of aryl methyl sites for hydroxylation is 1. The van der Waals surface area contributed by atoms with E-state index in [9.17, 15) is 4.79 Å². The molecule has 1 saturated carbocycles. The van der Waals surface area contributed by atoms with Crippen LogP contribution < -0.4 is 10.1 Å². The fourth-order valence-corrected chi connectivity index (χ4v) is 3.53. The molecule has 1 fully saturated rings. The predicted molar refractivity (Wildman–Crippen MR) is 98.5 cm³/mol. The molecule has 0 saturated heterocycles. The van der Waals surface area contributed by atoms with Crippen LogP contribution in [0.5, 0.6) is 5.75 Å². The summed E-state index contributed by atoms with van der Waals surface area (Å²) in [6, 6.07) is 12.9. The Morgan fingerprint density at radius 3 is 2.79 bits per heavy atom. The molecule has 2 aromatic carbocycles. The fourth-order valence-electron chi connectivity index (χ4n) is 3.53. The third-order valence-electron chi connectivity index (χ3n) is 4.80. The number of ether oxygens (including phenoxy) is 1. The minimum absolute atomic E-state index is 0.0380. The average Bonchev–Trinajstić information content (AvgIpc) is 2.59. The Morgan fingerprint density at radius 2 is 2.00 bits per heavy atom. The zero-order valence-electron chi connectivity index (χ0n) is 14.5. The normalized spacial score (nSPS) is 15.4. The zero-order valence-corrected chi connectivity index (χ0v) is 14.5. The van der Waals surface area contributed by atoms with Gasteiger partial charge in [-0.25, -0.2) is 0 Å². The van der Waals surface area contributed by atoms with Crippen molar-refractivity contribution >= 4 is 16.7 Å². The predicted octanol–water partition coefficient (Wildman–Crippen LogP) is 4.62. The number of hydrogen-bond acceptors (Lipinski definition) is 2. The van der Waals surface area contributed by atoms with Crippen molar-refractivity contribution in [3.8, 4) is 5.75 Å². The molecule has 0 unspecified atom stereocenters. The monoisotopic (exact) mass is 325 g/mol. The van der Waals surface area contributed by atoms with E-state index in [1.54, 1.807) is 6.92 Å². The summed E-state index contributed by atoms with van der Waals surface area (Å²) in [6.07, 6.45) is 8.56. The van der Waals surface area contributed by atoms with Crippen molar-refractivity contribution < 1.29 is 9.53 Å². The van der Waals surface area contributed by atoms with E-state index >= 15 is 0 Å². The summed E-state index contributed by atoms with van der Waals surface area (Å²) >= 11 is 0. The van der Waals surface area contributed by atoms with Gasteiger partial charge in [0, 0.05) is 13.5 Å². The lowest BCUT2D eigenvalue weighted by molar-refractivity contribution is -0.118. The van der Waals surface area contributed by atoms with Crippen LogP contribution in [0.2, 0.25) is 0 Å². The van der Waals surface area contributed by atoms with E-state index in [1.807, 2.05) is 0 Å². The molecule has 3 heteroatoms. The molecular weight excluding hydrogens is 298 g/mol. The third kappa shape index (κ3) is 4.50. The first-order valence-corrected chi connectivity index (χ1v) is 9.15. The first-order chi connectivity index (χ1) is 11.7. The highest BCUT2D eigenvalue weighted by Gasteiger charge is 2.15. The molecule has 1 aliphatic carbocycles. The minimum Gasteiger partial charge on any atom is -0.490 e. The van der Waals surface area contributed by atoms with E-state index in [0.717, 1.165) is 25.1 Å². The number of benzene rings is 2. The molecule has 0 atom stereocenters. The number of rotatable bonds is 6. The molecule has 1 aliphatic rings. The molecule has 3 nitrogen and oxygen atoms in total. The van der Waals surface area contributed by atoms with Gasteiger partial charge in [0.05, 0.1) is 6.10 Å². The lowest BCUT2D eigenvalue weighted by Crippen LogP contribution is -2.21. The molecule has 128 valence electrons. The van der Waals surface area contributed by atoms with Crippen molar-refractivity contribution in [3.63, 3.8) is 0 Å². The van der Waals surface area contributed by atoms with Crippen LogP contribution in [-0.4, -0.2) is 18.6 Å². The van der Waals surface area contributed by atoms with E-state index < -0.39 is 0 Å². The second-order valence-electron chi connectivity index (χ2n) is 6.76. The van der Waals surface area contributed by atoms with Gasteiger partial charge in [-0.1, -0.05) is 30.7 Å². The SMILES string of the molecule is CC(=O)NCCCc1cccc2ccc(OC3CCCCC3)cc12. The summed E-state index contributed by atoms with van der Waals surface area (Å²) in [7, 11) is 0. The first kappa shape index (κ1) is 16.8. The highest BCUT2D eigenvalue weighted by atomic mass is 16.5. The minimum atomic E-state index is 0.0380. The summed E-state index contributed by atoms with van der Waals surface area (Å²) in [4.78, 5) is 11.0. The highest BCUT2D eigenvalue weighted by Crippen LogP contribution is 2.28. The van der Waals surface area contributed by atoms with Gasteiger partial charge in [0.2, 0.25) is 5.91 Å². The quantitative estimate of drug-likeness (QED) is 0.787. The van der Waals surface area contributed by atoms with Crippen molar-refractivity contribution in [2.45, 2.75) is 58.0 Å².